The predicted molar refractivity (Wildman–Crippen MR) is 126 cm³/mol. The molecule has 1 amide bonds. The second-order valence-corrected chi connectivity index (χ2v) is 8.31. The number of nitrogens with two attached hydrogens (primary N) is 1. The van der Waals surface area contributed by atoms with E-state index in [9.17, 15) is 14.3 Å². The molecule has 2 aliphatic heterocycles. The summed E-state index contributed by atoms with van der Waals surface area (Å²) < 4.78 is 20.5. The van der Waals surface area contributed by atoms with Crippen LogP contribution in [0.25, 0.3) is 11.3 Å². The molecule has 180 valence electrons. The van der Waals surface area contributed by atoms with Gasteiger partial charge in [-0.05, 0) is 49.2 Å². The number of hydrogen-bond donors (Lipinski definition) is 3. The zero-order chi connectivity index (χ0) is 24.5. The summed E-state index contributed by atoms with van der Waals surface area (Å²) in [5.41, 5.74) is 11.2. The molecule has 4 N–H and O–H groups in total. The molecule has 1 unspecified atom stereocenters. The van der Waals surface area contributed by atoms with Gasteiger partial charge in [-0.25, -0.2) is 9.37 Å². The van der Waals surface area contributed by atoms with Gasteiger partial charge in [-0.2, -0.15) is 10.2 Å². The Hall–Kier alpha value is -4.25. The van der Waals surface area contributed by atoms with Crippen LogP contribution in [-0.2, 0) is 4.79 Å². The first kappa shape index (κ1) is 22.5. The molecule has 1 fully saturated rings. The van der Waals surface area contributed by atoms with Gasteiger partial charge in [0, 0.05) is 24.7 Å². The van der Waals surface area contributed by atoms with E-state index in [1.165, 1.54) is 18.2 Å². The number of benzene rings is 1. The van der Waals surface area contributed by atoms with Gasteiger partial charge < -0.3 is 20.5 Å². The molecule has 3 aromatic rings. The first-order valence-corrected chi connectivity index (χ1v) is 11.2. The number of pyridine rings is 1. The Balaban J connectivity index is 1.49. The van der Waals surface area contributed by atoms with E-state index in [0.29, 0.717) is 35.8 Å². The van der Waals surface area contributed by atoms with E-state index < -0.39 is 12.0 Å². The summed E-state index contributed by atoms with van der Waals surface area (Å²) in [6.45, 7) is 4.67. The monoisotopic (exact) mass is 477 g/mol. The molecule has 0 bridgehead atoms. The molecule has 5 rings (SSSR count). The highest BCUT2D eigenvalue weighted by atomic mass is 19.1. The Bertz CT molecular complexity index is 1290. The number of nitrogens with zero attached hydrogens (tertiary/aromatic N) is 5. The summed E-state index contributed by atoms with van der Waals surface area (Å²) >= 11 is 0. The molecule has 1 aromatic carbocycles. The van der Waals surface area contributed by atoms with Gasteiger partial charge in [0.1, 0.15) is 23.0 Å². The maximum absolute atomic E-state index is 13.1. The summed E-state index contributed by atoms with van der Waals surface area (Å²) in [5, 5.41) is 19.6. The zero-order valence-electron chi connectivity index (χ0n) is 18.8. The minimum Gasteiger partial charge on any atom is -0.439 e. The number of hydrogen-bond acceptors (Lipinski definition) is 8. The summed E-state index contributed by atoms with van der Waals surface area (Å²) in [6.07, 6.45) is 2.87. The Morgan fingerprint density at radius 1 is 1.29 bits per heavy atom. The lowest BCUT2D eigenvalue weighted by Gasteiger charge is -2.33. The van der Waals surface area contributed by atoms with Crippen LogP contribution in [0.3, 0.4) is 0 Å². The fourth-order valence-corrected chi connectivity index (χ4v) is 4.40. The summed E-state index contributed by atoms with van der Waals surface area (Å²) in [5.74, 6) is 0.399. The molecular formula is C24H24FN7O3. The predicted octanol–water partition coefficient (Wildman–Crippen LogP) is 2.44. The maximum Gasteiger partial charge on any atom is 0.246 e. The Morgan fingerprint density at radius 3 is 2.80 bits per heavy atom. The number of ether oxygens (including phenoxy) is 1. The van der Waals surface area contributed by atoms with Crippen molar-refractivity contribution >= 4 is 11.7 Å². The van der Waals surface area contributed by atoms with Gasteiger partial charge >= 0.3 is 0 Å². The second-order valence-electron chi connectivity index (χ2n) is 8.31. The number of likely N-dealkylation sites (tertiary alicyclic amines) is 1. The Labute approximate surface area is 200 Å². The van der Waals surface area contributed by atoms with Crippen molar-refractivity contribution in [1.29, 1.82) is 0 Å². The lowest BCUT2D eigenvalue weighted by atomic mass is 10.0. The molecule has 2 atom stereocenters. The minimum absolute atomic E-state index is 0.137. The molecule has 35 heavy (non-hydrogen) atoms. The van der Waals surface area contributed by atoms with Crippen molar-refractivity contribution < 1.29 is 19.0 Å². The van der Waals surface area contributed by atoms with Crippen LogP contribution < -0.4 is 15.9 Å². The van der Waals surface area contributed by atoms with Crippen molar-refractivity contribution in [3.05, 3.63) is 72.3 Å². The van der Waals surface area contributed by atoms with Crippen LogP contribution in [-0.4, -0.2) is 49.6 Å². The summed E-state index contributed by atoms with van der Waals surface area (Å²) in [7, 11) is 0. The highest BCUT2D eigenvalue weighted by Gasteiger charge is 2.34. The Kier molecular flexibility index (Phi) is 5.91. The third-order valence-corrected chi connectivity index (χ3v) is 6.05. The molecule has 11 heteroatoms. The minimum atomic E-state index is -1.10. The topological polar surface area (TPSA) is 131 Å². The fraction of sp³-hybridized carbons (Fsp3) is 0.250. The fourth-order valence-electron chi connectivity index (χ4n) is 4.40. The van der Waals surface area contributed by atoms with Crippen LogP contribution in [0.15, 0.2) is 60.4 Å². The number of amidine groups is 1. The van der Waals surface area contributed by atoms with E-state index in [2.05, 4.69) is 22.1 Å². The quantitative estimate of drug-likeness (QED) is 0.481. The third-order valence-electron chi connectivity index (χ3n) is 6.05. The molecule has 10 nitrogen and oxygen atoms in total. The van der Waals surface area contributed by atoms with Crippen LogP contribution >= 0.6 is 0 Å². The van der Waals surface area contributed by atoms with Crippen molar-refractivity contribution in [3.63, 3.8) is 0 Å². The van der Waals surface area contributed by atoms with E-state index in [4.69, 9.17) is 15.6 Å². The molecule has 1 saturated heterocycles. The number of halogens is 1. The largest absolute Gasteiger partial charge is 0.439 e. The van der Waals surface area contributed by atoms with Gasteiger partial charge in [0.05, 0.1) is 17.8 Å². The van der Waals surface area contributed by atoms with Gasteiger partial charge in [-0.15, -0.1) is 0 Å². The number of nitrogens with one attached hydrogen (secondary N) is 1. The van der Waals surface area contributed by atoms with Gasteiger partial charge in [0.2, 0.25) is 11.8 Å². The molecule has 0 spiro atoms. The first-order valence-electron chi connectivity index (χ1n) is 11.2. The molecule has 0 aliphatic carbocycles. The van der Waals surface area contributed by atoms with Crippen molar-refractivity contribution in [2.45, 2.75) is 25.1 Å². The maximum atomic E-state index is 13.1. The molecule has 0 saturated carbocycles. The second kappa shape index (κ2) is 9.18. The summed E-state index contributed by atoms with van der Waals surface area (Å²) in [4.78, 5) is 17.8. The number of amides is 1. The standard InChI is InChI=1S/C24H24FN7O3/c1-2-19(33)31-11-3-4-16(13-31)32-22-20(23(26)28-29-24(22)34)21(30-32)14-5-8-17(9-6-14)35-18-10-7-15(25)12-27-18/h2,5-10,12,16,24,29,34H,1,3-4,11,13H2,(H2,26,28)/t16-,24?/m1/s1. The van der Waals surface area contributed by atoms with E-state index in [1.54, 1.807) is 21.7 Å². The lowest BCUT2D eigenvalue weighted by molar-refractivity contribution is -0.127. The van der Waals surface area contributed by atoms with Gasteiger partial charge in [0.25, 0.3) is 0 Å². The number of aliphatic hydroxyl groups excluding tert-OH is 1. The number of carbonyl (C=O) groups excluding carboxylic acids is 1. The van der Waals surface area contributed by atoms with E-state index in [-0.39, 0.29) is 23.7 Å². The number of rotatable bonds is 5. The molecular weight excluding hydrogens is 453 g/mol. The van der Waals surface area contributed by atoms with Crippen LogP contribution in [0.2, 0.25) is 0 Å². The van der Waals surface area contributed by atoms with Crippen molar-refractivity contribution in [2.75, 3.05) is 13.1 Å². The molecule has 4 heterocycles. The van der Waals surface area contributed by atoms with Crippen molar-refractivity contribution in [3.8, 4) is 22.9 Å². The van der Waals surface area contributed by atoms with Crippen LogP contribution in [0, 0.1) is 5.82 Å². The number of aliphatic hydroxyl groups is 1. The van der Waals surface area contributed by atoms with E-state index in [1.807, 2.05) is 12.1 Å². The number of piperidine rings is 1. The van der Waals surface area contributed by atoms with Crippen molar-refractivity contribution in [1.82, 2.24) is 25.1 Å². The smallest absolute Gasteiger partial charge is 0.246 e. The first-order chi connectivity index (χ1) is 16.9. The molecule has 0 radical (unpaired) electrons. The number of aromatic nitrogens is 3. The Morgan fingerprint density at radius 2 is 2.09 bits per heavy atom. The van der Waals surface area contributed by atoms with E-state index in [0.717, 1.165) is 24.6 Å². The van der Waals surface area contributed by atoms with Gasteiger partial charge in [0.15, 0.2) is 12.1 Å². The van der Waals surface area contributed by atoms with Crippen LogP contribution in [0.1, 0.15) is 36.4 Å². The average molecular weight is 478 g/mol. The average Bonchev–Trinajstić information content (AvgIpc) is 3.30. The molecule has 2 aliphatic rings. The molecule has 2 aromatic heterocycles. The summed E-state index contributed by atoms with van der Waals surface area (Å²) in [6, 6.07) is 9.65. The number of fused-ring (bicyclic) bond motifs is 1. The van der Waals surface area contributed by atoms with Gasteiger partial charge in [-0.3, -0.25) is 14.9 Å². The number of carbonyl (C=O) groups is 1. The van der Waals surface area contributed by atoms with Crippen LogP contribution in [0.4, 0.5) is 4.39 Å². The van der Waals surface area contributed by atoms with Crippen molar-refractivity contribution in [2.24, 2.45) is 10.8 Å². The number of hydrazone groups is 1. The van der Waals surface area contributed by atoms with E-state index >= 15 is 0 Å². The normalized spacial score (nSPS) is 19.4. The van der Waals surface area contributed by atoms with Crippen LogP contribution in [0.5, 0.6) is 11.6 Å². The highest BCUT2D eigenvalue weighted by Crippen LogP contribution is 2.35. The zero-order valence-corrected chi connectivity index (χ0v) is 18.8. The van der Waals surface area contributed by atoms with Gasteiger partial charge in [-0.1, -0.05) is 6.58 Å². The SMILES string of the molecule is C=CC(=O)N1CCC[C@@H](n2nc(-c3ccc(Oc4ccc(F)cn4)cc3)c3c2C(O)NN=C3N)C1. The lowest BCUT2D eigenvalue weighted by Crippen LogP contribution is -2.41. The highest BCUT2D eigenvalue weighted by molar-refractivity contribution is 6.04. The third kappa shape index (κ3) is 4.33.